The lowest BCUT2D eigenvalue weighted by molar-refractivity contribution is 0.417. The summed E-state index contributed by atoms with van der Waals surface area (Å²) < 4.78 is 32.4. The highest BCUT2D eigenvalue weighted by molar-refractivity contribution is 7.92. The highest BCUT2D eigenvalue weighted by Gasteiger charge is 2.16. The zero-order chi connectivity index (χ0) is 15.3. The number of para-hydroxylation sites is 2. The summed E-state index contributed by atoms with van der Waals surface area (Å²) in [4.78, 5) is 0.216. The Morgan fingerprint density at radius 2 is 1.71 bits per heavy atom. The van der Waals surface area contributed by atoms with Gasteiger partial charge in [-0.25, -0.2) is 8.42 Å². The molecule has 0 bridgehead atoms. The summed E-state index contributed by atoms with van der Waals surface area (Å²) in [6, 6.07) is 13.6. The molecule has 0 heterocycles. The molecule has 2 aromatic rings. The Morgan fingerprint density at radius 1 is 1.05 bits per heavy atom. The zero-order valence-electron chi connectivity index (χ0n) is 12.0. The third-order valence-corrected chi connectivity index (χ3v) is 4.35. The fraction of sp³-hybridized carbons (Fsp3) is 0.200. The van der Waals surface area contributed by atoms with Crippen LogP contribution in [0.5, 0.6) is 5.75 Å². The summed E-state index contributed by atoms with van der Waals surface area (Å²) in [5.41, 5.74) is 1.44. The minimum Gasteiger partial charge on any atom is -0.495 e. The molecule has 0 aliphatic heterocycles. The van der Waals surface area contributed by atoms with E-state index in [0.29, 0.717) is 18.0 Å². The molecule has 6 heteroatoms. The summed E-state index contributed by atoms with van der Waals surface area (Å²) in [6.07, 6.45) is 0. The number of rotatable bonds is 6. The summed E-state index contributed by atoms with van der Waals surface area (Å²) in [6.45, 7) is 0.695. The Kier molecular flexibility index (Phi) is 4.82. The van der Waals surface area contributed by atoms with Crippen molar-refractivity contribution in [2.24, 2.45) is 0 Å². The van der Waals surface area contributed by atoms with Gasteiger partial charge in [0.1, 0.15) is 5.75 Å². The second kappa shape index (κ2) is 6.60. The fourth-order valence-corrected chi connectivity index (χ4v) is 2.99. The van der Waals surface area contributed by atoms with Gasteiger partial charge in [0.15, 0.2) is 0 Å². The smallest absolute Gasteiger partial charge is 0.262 e. The largest absolute Gasteiger partial charge is 0.495 e. The molecule has 0 saturated carbocycles. The van der Waals surface area contributed by atoms with Gasteiger partial charge in [0, 0.05) is 6.54 Å². The molecule has 5 nitrogen and oxygen atoms in total. The quantitative estimate of drug-likeness (QED) is 0.858. The molecular formula is C15H18N2O3S. The summed E-state index contributed by atoms with van der Waals surface area (Å²) in [7, 11) is -0.287. The molecule has 0 radical (unpaired) electrons. The molecule has 21 heavy (non-hydrogen) atoms. The topological polar surface area (TPSA) is 67.4 Å². The number of sulfonamides is 1. The second-order valence-electron chi connectivity index (χ2n) is 4.48. The Bertz CT molecular complexity index is 697. The van der Waals surface area contributed by atoms with Gasteiger partial charge in [-0.05, 0) is 36.9 Å². The SMILES string of the molecule is CNCc1ccc(S(=O)(=O)Nc2ccccc2OC)cc1. The van der Waals surface area contributed by atoms with E-state index in [1.807, 2.05) is 7.05 Å². The second-order valence-corrected chi connectivity index (χ2v) is 6.16. The van der Waals surface area contributed by atoms with Crippen LogP contribution in [0.2, 0.25) is 0 Å². The zero-order valence-corrected chi connectivity index (χ0v) is 12.8. The van der Waals surface area contributed by atoms with Gasteiger partial charge >= 0.3 is 0 Å². The van der Waals surface area contributed by atoms with E-state index >= 15 is 0 Å². The first kappa shape index (κ1) is 15.3. The number of hydrogen-bond donors (Lipinski definition) is 2. The van der Waals surface area contributed by atoms with Crippen molar-refractivity contribution in [3.8, 4) is 5.75 Å². The van der Waals surface area contributed by atoms with Crippen LogP contribution in [0.3, 0.4) is 0 Å². The van der Waals surface area contributed by atoms with Gasteiger partial charge in [0.05, 0.1) is 17.7 Å². The van der Waals surface area contributed by atoms with E-state index in [1.165, 1.54) is 7.11 Å². The molecular weight excluding hydrogens is 288 g/mol. The van der Waals surface area contributed by atoms with E-state index in [-0.39, 0.29) is 4.90 Å². The van der Waals surface area contributed by atoms with Gasteiger partial charge in [0.2, 0.25) is 0 Å². The highest BCUT2D eigenvalue weighted by Crippen LogP contribution is 2.26. The first-order chi connectivity index (χ1) is 10.1. The summed E-state index contributed by atoms with van der Waals surface area (Å²) >= 11 is 0. The molecule has 112 valence electrons. The average molecular weight is 306 g/mol. The van der Waals surface area contributed by atoms with Gasteiger partial charge in [-0.1, -0.05) is 24.3 Å². The van der Waals surface area contributed by atoms with Crippen LogP contribution in [0, 0.1) is 0 Å². The van der Waals surface area contributed by atoms with E-state index in [0.717, 1.165) is 5.56 Å². The molecule has 2 aromatic carbocycles. The predicted molar refractivity (Wildman–Crippen MR) is 83.0 cm³/mol. The maximum atomic E-state index is 12.4. The number of nitrogens with one attached hydrogen (secondary N) is 2. The van der Waals surface area contributed by atoms with E-state index in [1.54, 1.807) is 48.5 Å². The van der Waals surface area contributed by atoms with Crippen LogP contribution in [0.1, 0.15) is 5.56 Å². The van der Waals surface area contributed by atoms with Crippen LogP contribution < -0.4 is 14.8 Å². The molecule has 2 rings (SSSR count). The maximum absolute atomic E-state index is 12.4. The van der Waals surface area contributed by atoms with Gasteiger partial charge in [-0.15, -0.1) is 0 Å². The molecule has 0 saturated heterocycles. The predicted octanol–water partition coefficient (Wildman–Crippen LogP) is 2.22. The number of ether oxygens (including phenoxy) is 1. The summed E-state index contributed by atoms with van der Waals surface area (Å²) in [5.74, 6) is 0.480. The lowest BCUT2D eigenvalue weighted by Crippen LogP contribution is -2.14. The van der Waals surface area contributed by atoms with E-state index in [9.17, 15) is 8.42 Å². The van der Waals surface area contributed by atoms with Gasteiger partial charge in [-0.3, -0.25) is 4.72 Å². The van der Waals surface area contributed by atoms with Crippen LogP contribution in [-0.2, 0) is 16.6 Å². The molecule has 0 unspecified atom stereocenters. The monoisotopic (exact) mass is 306 g/mol. The normalized spacial score (nSPS) is 11.1. The lowest BCUT2D eigenvalue weighted by atomic mass is 10.2. The number of benzene rings is 2. The van der Waals surface area contributed by atoms with Gasteiger partial charge in [-0.2, -0.15) is 0 Å². The third-order valence-electron chi connectivity index (χ3n) is 2.97. The Morgan fingerprint density at radius 3 is 2.33 bits per heavy atom. The molecule has 0 spiro atoms. The molecule has 0 fully saturated rings. The molecule has 0 aliphatic carbocycles. The molecule has 0 amide bonds. The van der Waals surface area contributed by atoms with Crippen LogP contribution in [0.4, 0.5) is 5.69 Å². The fourth-order valence-electron chi connectivity index (χ4n) is 1.92. The van der Waals surface area contributed by atoms with E-state index in [2.05, 4.69) is 10.0 Å². The van der Waals surface area contributed by atoms with Crippen molar-refractivity contribution < 1.29 is 13.2 Å². The Hall–Kier alpha value is -2.05. The standard InChI is InChI=1S/C15H18N2O3S/c1-16-11-12-7-9-13(10-8-12)21(18,19)17-14-5-3-4-6-15(14)20-2/h3-10,16-17H,11H2,1-2H3. The van der Waals surface area contributed by atoms with E-state index in [4.69, 9.17) is 4.74 Å². The van der Waals surface area contributed by atoms with Crippen molar-refractivity contribution in [3.05, 3.63) is 54.1 Å². The van der Waals surface area contributed by atoms with Crippen molar-refractivity contribution in [2.75, 3.05) is 18.9 Å². The summed E-state index contributed by atoms with van der Waals surface area (Å²) in [5, 5.41) is 3.02. The highest BCUT2D eigenvalue weighted by atomic mass is 32.2. The van der Waals surface area contributed by atoms with Crippen LogP contribution >= 0.6 is 0 Å². The Labute approximate surface area is 125 Å². The first-order valence-corrected chi connectivity index (χ1v) is 7.94. The molecule has 0 atom stereocenters. The van der Waals surface area contributed by atoms with Crippen molar-refractivity contribution >= 4 is 15.7 Å². The first-order valence-electron chi connectivity index (χ1n) is 6.46. The minimum atomic E-state index is -3.63. The van der Waals surface area contributed by atoms with Crippen molar-refractivity contribution in [3.63, 3.8) is 0 Å². The van der Waals surface area contributed by atoms with Crippen molar-refractivity contribution in [1.29, 1.82) is 0 Å². The number of anilines is 1. The third kappa shape index (κ3) is 3.74. The molecule has 0 aliphatic rings. The Balaban J connectivity index is 2.25. The number of hydrogen-bond acceptors (Lipinski definition) is 4. The van der Waals surface area contributed by atoms with E-state index < -0.39 is 10.0 Å². The average Bonchev–Trinajstić information content (AvgIpc) is 2.48. The van der Waals surface area contributed by atoms with Gasteiger partial charge < -0.3 is 10.1 Å². The van der Waals surface area contributed by atoms with Crippen LogP contribution in [-0.4, -0.2) is 22.6 Å². The maximum Gasteiger partial charge on any atom is 0.262 e. The molecule has 0 aromatic heterocycles. The number of methoxy groups -OCH3 is 1. The minimum absolute atomic E-state index is 0.216. The molecule has 2 N–H and O–H groups in total. The van der Waals surface area contributed by atoms with Crippen LogP contribution in [0.15, 0.2) is 53.4 Å². The van der Waals surface area contributed by atoms with Crippen molar-refractivity contribution in [2.45, 2.75) is 11.4 Å². The lowest BCUT2D eigenvalue weighted by Gasteiger charge is -2.12. The van der Waals surface area contributed by atoms with Crippen molar-refractivity contribution in [1.82, 2.24) is 5.32 Å². The van der Waals surface area contributed by atoms with Crippen LogP contribution in [0.25, 0.3) is 0 Å². The van der Waals surface area contributed by atoms with Gasteiger partial charge in [0.25, 0.3) is 10.0 Å².